The van der Waals surface area contributed by atoms with Crippen LogP contribution in [0.3, 0.4) is 0 Å². The number of nitro benzene ring substituents is 1. The zero-order valence-corrected chi connectivity index (χ0v) is 18.1. The van der Waals surface area contributed by atoms with Crippen LogP contribution in [0.4, 0.5) is 17.1 Å². The Bertz CT molecular complexity index is 930. The molecule has 2 aromatic carbocycles. The first kappa shape index (κ1) is 21.2. The maximum atomic E-state index is 12.8. The predicted octanol–water partition coefficient (Wildman–Crippen LogP) is 4.11. The minimum absolute atomic E-state index is 0.0695. The summed E-state index contributed by atoms with van der Waals surface area (Å²) >= 11 is 0. The molecule has 7 heteroatoms. The molecule has 0 unspecified atom stereocenters. The highest BCUT2D eigenvalue weighted by molar-refractivity contribution is 5.94. The highest BCUT2D eigenvalue weighted by Crippen LogP contribution is 2.34. The van der Waals surface area contributed by atoms with E-state index in [0.717, 1.165) is 62.4 Å². The Kier molecular flexibility index (Phi) is 6.39. The number of amides is 1. The molecular formula is C24H30N4O3. The van der Waals surface area contributed by atoms with E-state index in [9.17, 15) is 14.9 Å². The highest BCUT2D eigenvalue weighted by Gasteiger charge is 2.26. The Morgan fingerprint density at radius 2 is 1.58 bits per heavy atom. The van der Waals surface area contributed by atoms with Crippen molar-refractivity contribution in [3.63, 3.8) is 0 Å². The van der Waals surface area contributed by atoms with Gasteiger partial charge in [0, 0.05) is 56.6 Å². The normalized spacial score (nSPS) is 17.0. The molecular weight excluding hydrogens is 392 g/mol. The number of carbonyl (C=O) groups excluding carboxylic acids is 1. The first-order valence-electron chi connectivity index (χ1n) is 11.2. The molecule has 0 saturated carbocycles. The van der Waals surface area contributed by atoms with Gasteiger partial charge in [-0.2, -0.15) is 0 Å². The van der Waals surface area contributed by atoms with Crippen LogP contribution in [0.1, 0.15) is 42.1 Å². The number of benzene rings is 2. The molecule has 0 atom stereocenters. The Labute approximate surface area is 183 Å². The van der Waals surface area contributed by atoms with Crippen LogP contribution in [0.2, 0.25) is 0 Å². The van der Waals surface area contributed by atoms with E-state index in [2.05, 4.69) is 16.7 Å². The summed E-state index contributed by atoms with van der Waals surface area (Å²) in [6, 6.07) is 13.3. The molecule has 0 aliphatic carbocycles. The molecule has 0 radical (unpaired) electrons. The van der Waals surface area contributed by atoms with Crippen molar-refractivity contribution < 1.29 is 9.72 Å². The largest absolute Gasteiger partial charge is 0.368 e. The average molecular weight is 423 g/mol. The molecule has 0 spiro atoms. The summed E-state index contributed by atoms with van der Waals surface area (Å²) < 4.78 is 0. The Morgan fingerprint density at radius 1 is 0.903 bits per heavy atom. The average Bonchev–Trinajstić information content (AvgIpc) is 2.84. The minimum atomic E-state index is -0.284. The molecule has 2 fully saturated rings. The van der Waals surface area contributed by atoms with Gasteiger partial charge in [0.1, 0.15) is 5.69 Å². The van der Waals surface area contributed by atoms with Crippen molar-refractivity contribution in [2.24, 2.45) is 0 Å². The number of nitrogens with zero attached hydrogens (tertiary/aromatic N) is 4. The molecule has 7 nitrogen and oxygen atoms in total. The van der Waals surface area contributed by atoms with E-state index in [-0.39, 0.29) is 16.5 Å². The van der Waals surface area contributed by atoms with E-state index in [4.69, 9.17) is 0 Å². The van der Waals surface area contributed by atoms with Gasteiger partial charge in [-0.25, -0.2) is 0 Å². The van der Waals surface area contributed by atoms with Gasteiger partial charge in [-0.05, 0) is 55.5 Å². The summed E-state index contributed by atoms with van der Waals surface area (Å²) in [5.74, 6) is 0.0695. The maximum Gasteiger partial charge on any atom is 0.292 e. The third-order valence-corrected chi connectivity index (χ3v) is 6.39. The lowest BCUT2D eigenvalue weighted by Gasteiger charge is -2.37. The number of hydrogen-bond donors (Lipinski definition) is 0. The first-order chi connectivity index (χ1) is 15.1. The quantitative estimate of drug-likeness (QED) is 0.536. The number of carbonyl (C=O) groups is 1. The fourth-order valence-electron chi connectivity index (χ4n) is 4.48. The van der Waals surface area contributed by atoms with E-state index >= 15 is 0 Å². The van der Waals surface area contributed by atoms with Crippen LogP contribution < -0.4 is 9.80 Å². The summed E-state index contributed by atoms with van der Waals surface area (Å²) in [6.07, 6.45) is 4.28. The topological polar surface area (TPSA) is 69.9 Å². The van der Waals surface area contributed by atoms with Gasteiger partial charge >= 0.3 is 0 Å². The summed E-state index contributed by atoms with van der Waals surface area (Å²) in [5, 5.41) is 11.6. The van der Waals surface area contributed by atoms with E-state index in [1.165, 1.54) is 12.0 Å². The van der Waals surface area contributed by atoms with Crippen molar-refractivity contribution in [1.82, 2.24) is 4.90 Å². The Morgan fingerprint density at radius 3 is 2.19 bits per heavy atom. The van der Waals surface area contributed by atoms with Gasteiger partial charge in [0.25, 0.3) is 11.6 Å². The van der Waals surface area contributed by atoms with Crippen molar-refractivity contribution >= 4 is 23.0 Å². The lowest BCUT2D eigenvalue weighted by Crippen LogP contribution is -2.48. The van der Waals surface area contributed by atoms with Gasteiger partial charge in [-0.1, -0.05) is 19.1 Å². The van der Waals surface area contributed by atoms with Gasteiger partial charge in [0.2, 0.25) is 0 Å². The number of aryl methyl sites for hydroxylation is 1. The van der Waals surface area contributed by atoms with Crippen molar-refractivity contribution in [2.75, 3.05) is 49.1 Å². The lowest BCUT2D eigenvalue weighted by atomic mass is 10.1. The van der Waals surface area contributed by atoms with Crippen LogP contribution in [0.5, 0.6) is 0 Å². The Hall–Kier alpha value is -3.09. The van der Waals surface area contributed by atoms with Gasteiger partial charge in [-0.3, -0.25) is 14.9 Å². The molecule has 2 aromatic rings. The number of anilines is 2. The molecule has 4 rings (SSSR count). The third kappa shape index (κ3) is 4.65. The number of hydrogen-bond acceptors (Lipinski definition) is 5. The van der Waals surface area contributed by atoms with Crippen molar-refractivity contribution in [3.8, 4) is 0 Å². The van der Waals surface area contributed by atoms with Crippen LogP contribution in [-0.2, 0) is 6.42 Å². The molecule has 164 valence electrons. The molecule has 2 heterocycles. The van der Waals surface area contributed by atoms with Gasteiger partial charge < -0.3 is 14.7 Å². The first-order valence-corrected chi connectivity index (χ1v) is 11.2. The molecule has 2 aliphatic heterocycles. The maximum absolute atomic E-state index is 12.8. The summed E-state index contributed by atoms with van der Waals surface area (Å²) in [4.78, 5) is 30.4. The molecule has 1 amide bonds. The van der Waals surface area contributed by atoms with Gasteiger partial charge in [0.05, 0.1) is 4.92 Å². The van der Waals surface area contributed by atoms with Crippen molar-refractivity contribution in [3.05, 3.63) is 63.7 Å². The zero-order chi connectivity index (χ0) is 21.8. The highest BCUT2D eigenvalue weighted by atomic mass is 16.6. The summed E-state index contributed by atoms with van der Waals surface area (Å²) in [6.45, 7) is 6.55. The fourth-order valence-corrected chi connectivity index (χ4v) is 4.48. The van der Waals surface area contributed by atoms with Crippen LogP contribution in [0.25, 0.3) is 0 Å². The fraction of sp³-hybridized carbons (Fsp3) is 0.458. The van der Waals surface area contributed by atoms with Crippen LogP contribution in [0, 0.1) is 10.1 Å². The SMILES string of the molecule is CCc1ccc(C(=O)N2CCN(c3ccc([N+](=O)[O-])c(N4CCCCC4)c3)CC2)cc1. The Balaban J connectivity index is 1.45. The number of nitro groups is 1. The number of piperidine rings is 1. The smallest absolute Gasteiger partial charge is 0.292 e. The van der Waals surface area contributed by atoms with Crippen molar-refractivity contribution in [1.29, 1.82) is 0 Å². The monoisotopic (exact) mass is 422 g/mol. The molecule has 0 aromatic heterocycles. The summed E-state index contributed by atoms with van der Waals surface area (Å²) in [5.41, 5.74) is 3.84. The second kappa shape index (κ2) is 9.37. The molecule has 31 heavy (non-hydrogen) atoms. The predicted molar refractivity (Wildman–Crippen MR) is 123 cm³/mol. The van der Waals surface area contributed by atoms with E-state index in [0.29, 0.717) is 13.1 Å². The molecule has 0 N–H and O–H groups in total. The minimum Gasteiger partial charge on any atom is -0.368 e. The lowest BCUT2D eigenvalue weighted by molar-refractivity contribution is -0.384. The van der Waals surface area contributed by atoms with E-state index < -0.39 is 0 Å². The van der Waals surface area contributed by atoms with Crippen LogP contribution in [-0.4, -0.2) is 55.0 Å². The van der Waals surface area contributed by atoms with Crippen molar-refractivity contribution in [2.45, 2.75) is 32.6 Å². The van der Waals surface area contributed by atoms with E-state index in [1.807, 2.05) is 41.3 Å². The zero-order valence-electron chi connectivity index (χ0n) is 18.1. The number of piperazine rings is 1. The van der Waals surface area contributed by atoms with Gasteiger partial charge in [0.15, 0.2) is 0 Å². The molecule has 2 aliphatic rings. The number of rotatable bonds is 5. The van der Waals surface area contributed by atoms with Crippen LogP contribution in [0.15, 0.2) is 42.5 Å². The molecule has 0 bridgehead atoms. The second-order valence-corrected chi connectivity index (χ2v) is 8.31. The second-order valence-electron chi connectivity index (χ2n) is 8.31. The standard InChI is InChI=1S/C24H30N4O3/c1-2-19-6-8-20(9-7-19)24(29)27-16-14-25(15-17-27)21-10-11-22(28(30)31)23(18-21)26-12-4-3-5-13-26/h6-11,18H,2-5,12-17H2,1H3. The van der Waals surface area contributed by atoms with Gasteiger partial charge in [-0.15, -0.1) is 0 Å². The molecule has 2 saturated heterocycles. The third-order valence-electron chi connectivity index (χ3n) is 6.39. The summed E-state index contributed by atoms with van der Waals surface area (Å²) in [7, 11) is 0. The van der Waals surface area contributed by atoms with Crippen LogP contribution >= 0.6 is 0 Å². The van der Waals surface area contributed by atoms with E-state index in [1.54, 1.807) is 6.07 Å².